The number of methoxy groups -OCH3 is 1. The number of benzene rings is 1. The van der Waals surface area contributed by atoms with E-state index in [-0.39, 0.29) is 18.0 Å². The largest absolute Gasteiger partial charge is 0.497 e. The lowest BCUT2D eigenvalue weighted by atomic mass is 10.1. The molecule has 3 rings (SSSR count). The van der Waals surface area contributed by atoms with Crippen LogP contribution in [0.5, 0.6) is 5.75 Å². The van der Waals surface area contributed by atoms with Crippen LogP contribution in [0.4, 0.5) is 0 Å². The summed E-state index contributed by atoms with van der Waals surface area (Å²) < 4.78 is 5.18. The fourth-order valence-electron chi connectivity index (χ4n) is 2.96. The molecular formula is C18H23N3O3S. The second-order valence-electron chi connectivity index (χ2n) is 6.28. The van der Waals surface area contributed by atoms with Gasteiger partial charge < -0.3 is 20.5 Å². The monoisotopic (exact) mass is 361 g/mol. The van der Waals surface area contributed by atoms with Crippen LogP contribution in [0.2, 0.25) is 0 Å². The molecule has 0 aliphatic carbocycles. The van der Waals surface area contributed by atoms with E-state index in [2.05, 4.69) is 15.6 Å². The first-order chi connectivity index (χ1) is 12.0. The van der Waals surface area contributed by atoms with Crippen LogP contribution in [0.3, 0.4) is 0 Å². The molecule has 1 fully saturated rings. The van der Waals surface area contributed by atoms with Crippen molar-refractivity contribution >= 4 is 17.2 Å². The molecule has 0 saturated carbocycles. The molecule has 1 aromatic heterocycles. The van der Waals surface area contributed by atoms with Crippen LogP contribution in [-0.4, -0.2) is 41.8 Å². The minimum atomic E-state index is -0.446. The lowest BCUT2D eigenvalue weighted by Crippen LogP contribution is -2.41. The number of hydrogen-bond donors (Lipinski definition) is 3. The molecule has 25 heavy (non-hydrogen) atoms. The SMILES string of the molecule is COc1ccc(-c2nc(C)c([C@H](C)NC(=O)[C@@H]3C[C@@H](O)CN3)s2)cc1. The molecule has 2 aromatic rings. The predicted molar refractivity (Wildman–Crippen MR) is 97.8 cm³/mol. The molecule has 0 unspecified atom stereocenters. The molecule has 0 spiro atoms. The summed E-state index contributed by atoms with van der Waals surface area (Å²) in [6.07, 6.45) is 0.00926. The number of thiazole rings is 1. The van der Waals surface area contributed by atoms with Crippen molar-refractivity contribution < 1.29 is 14.6 Å². The van der Waals surface area contributed by atoms with Gasteiger partial charge in [-0.15, -0.1) is 11.3 Å². The maximum absolute atomic E-state index is 12.3. The molecule has 0 radical (unpaired) electrons. The minimum Gasteiger partial charge on any atom is -0.497 e. The van der Waals surface area contributed by atoms with Gasteiger partial charge in [-0.3, -0.25) is 4.79 Å². The van der Waals surface area contributed by atoms with Gasteiger partial charge in [0.1, 0.15) is 10.8 Å². The Labute approximate surface area is 151 Å². The Bertz CT molecular complexity index is 745. The van der Waals surface area contributed by atoms with Crippen LogP contribution < -0.4 is 15.4 Å². The van der Waals surface area contributed by atoms with E-state index in [1.165, 1.54) is 0 Å². The first kappa shape index (κ1) is 17.8. The Morgan fingerprint density at radius 3 is 2.76 bits per heavy atom. The highest BCUT2D eigenvalue weighted by Gasteiger charge is 2.29. The molecule has 134 valence electrons. The molecule has 6 nitrogen and oxygen atoms in total. The normalized spacial score (nSPS) is 21.1. The quantitative estimate of drug-likeness (QED) is 0.759. The van der Waals surface area contributed by atoms with Gasteiger partial charge in [0.15, 0.2) is 0 Å². The van der Waals surface area contributed by atoms with Crippen molar-refractivity contribution in [3.05, 3.63) is 34.8 Å². The smallest absolute Gasteiger partial charge is 0.237 e. The van der Waals surface area contributed by atoms with E-state index < -0.39 is 6.10 Å². The molecule has 1 aliphatic rings. The van der Waals surface area contributed by atoms with E-state index in [1.807, 2.05) is 38.1 Å². The van der Waals surface area contributed by atoms with Crippen molar-refractivity contribution in [3.8, 4) is 16.3 Å². The number of rotatable bonds is 5. The Morgan fingerprint density at radius 2 is 2.16 bits per heavy atom. The Morgan fingerprint density at radius 1 is 1.44 bits per heavy atom. The zero-order valence-electron chi connectivity index (χ0n) is 14.6. The molecule has 7 heteroatoms. The molecule has 2 heterocycles. The van der Waals surface area contributed by atoms with Crippen molar-refractivity contribution in [2.45, 2.75) is 38.5 Å². The van der Waals surface area contributed by atoms with Crippen LogP contribution in [0.1, 0.15) is 30.0 Å². The summed E-state index contributed by atoms with van der Waals surface area (Å²) in [7, 11) is 1.64. The van der Waals surface area contributed by atoms with Crippen molar-refractivity contribution in [3.63, 3.8) is 0 Å². The average Bonchev–Trinajstić information content (AvgIpc) is 3.21. The highest BCUT2D eigenvalue weighted by molar-refractivity contribution is 7.15. The van der Waals surface area contributed by atoms with Crippen molar-refractivity contribution in [2.24, 2.45) is 0 Å². The number of aliphatic hydroxyl groups is 1. The summed E-state index contributed by atoms with van der Waals surface area (Å²) in [5.74, 6) is 0.729. The summed E-state index contributed by atoms with van der Waals surface area (Å²) in [6, 6.07) is 7.33. The Balaban J connectivity index is 1.71. The van der Waals surface area contributed by atoms with E-state index >= 15 is 0 Å². The third-order valence-corrected chi connectivity index (χ3v) is 5.73. The number of nitrogens with zero attached hydrogens (tertiary/aromatic N) is 1. The summed E-state index contributed by atoms with van der Waals surface area (Å²) in [4.78, 5) is 18.0. The third kappa shape index (κ3) is 4.00. The molecule has 3 atom stereocenters. The van der Waals surface area contributed by atoms with Gasteiger partial charge >= 0.3 is 0 Å². The first-order valence-electron chi connectivity index (χ1n) is 8.31. The van der Waals surface area contributed by atoms with Gasteiger partial charge in [-0.05, 0) is 44.5 Å². The highest BCUT2D eigenvalue weighted by atomic mass is 32.1. The maximum atomic E-state index is 12.3. The number of hydrogen-bond acceptors (Lipinski definition) is 6. The van der Waals surface area contributed by atoms with Gasteiger partial charge in [0.05, 0.1) is 35.9 Å². The highest BCUT2D eigenvalue weighted by Crippen LogP contribution is 2.32. The number of β-amino-alcohol motifs (C(OH)–C–C–N with tert-alkyl or cyclic N) is 1. The van der Waals surface area contributed by atoms with Crippen molar-refractivity contribution in [1.82, 2.24) is 15.6 Å². The standard InChI is InChI=1S/C18H23N3O3S/c1-10(20-17(23)15-8-13(22)9-19-15)16-11(2)21-18(25-16)12-4-6-14(24-3)7-5-12/h4-7,10,13,15,19,22H,8-9H2,1-3H3,(H,20,23)/t10-,13+,15-/m0/s1. The summed E-state index contributed by atoms with van der Waals surface area (Å²) in [6.45, 7) is 4.38. The average molecular weight is 361 g/mol. The Kier molecular flexibility index (Phi) is 5.36. The summed E-state index contributed by atoms with van der Waals surface area (Å²) >= 11 is 1.58. The molecule has 0 bridgehead atoms. The van der Waals surface area contributed by atoms with Gasteiger partial charge in [-0.1, -0.05) is 0 Å². The topological polar surface area (TPSA) is 83.5 Å². The van der Waals surface area contributed by atoms with E-state index in [4.69, 9.17) is 4.74 Å². The van der Waals surface area contributed by atoms with Crippen molar-refractivity contribution in [2.75, 3.05) is 13.7 Å². The van der Waals surface area contributed by atoms with Gasteiger partial charge in [-0.2, -0.15) is 0 Å². The zero-order chi connectivity index (χ0) is 18.0. The van der Waals surface area contributed by atoms with Crippen LogP contribution in [0, 0.1) is 6.92 Å². The van der Waals surface area contributed by atoms with E-state index in [9.17, 15) is 9.90 Å². The fraction of sp³-hybridized carbons (Fsp3) is 0.444. The van der Waals surface area contributed by atoms with Crippen LogP contribution >= 0.6 is 11.3 Å². The third-order valence-electron chi connectivity index (χ3n) is 4.35. The van der Waals surface area contributed by atoms with Gasteiger partial charge in [0.2, 0.25) is 5.91 Å². The molecule has 1 aliphatic heterocycles. The number of carbonyl (C=O) groups excluding carboxylic acids is 1. The summed E-state index contributed by atoms with van der Waals surface area (Å²) in [5.41, 5.74) is 1.95. The van der Waals surface area contributed by atoms with E-state index in [0.29, 0.717) is 13.0 Å². The Hall–Kier alpha value is -1.96. The minimum absolute atomic E-state index is 0.0807. The molecular weight excluding hydrogens is 338 g/mol. The zero-order valence-corrected chi connectivity index (χ0v) is 15.4. The lowest BCUT2D eigenvalue weighted by Gasteiger charge is -2.16. The second-order valence-corrected chi connectivity index (χ2v) is 7.31. The first-order valence-corrected chi connectivity index (χ1v) is 9.13. The fourth-order valence-corrected chi connectivity index (χ4v) is 4.04. The van der Waals surface area contributed by atoms with Gasteiger partial charge in [0, 0.05) is 12.1 Å². The number of amides is 1. The second kappa shape index (κ2) is 7.51. The van der Waals surface area contributed by atoms with E-state index in [1.54, 1.807) is 18.4 Å². The van der Waals surface area contributed by atoms with Crippen LogP contribution in [0.25, 0.3) is 10.6 Å². The van der Waals surface area contributed by atoms with Crippen LogP contribution in [-0.2, 0) is 4.79 Å². The van der Waals surface area contributed by atoms with Gasteiger partial charge in [0.25, 0.3) is 0 Å². The predicted octanol–water partition coefficient (Wildman–Crippen LogP) is 2.03. The molecule has 1 aromatic carbocycles. The number of carbonyl (C=O) groups is 1. The lowest BCUT2D eigenvalue weighted by molar-refractivity contribution is -0.123. The number of aliphatic hydroxyl groups excluding tert-OH is 1. The summed E-state index contributed by atoms with van der Waals surface area (Å²) in [5, 5.41) is 16.5. The molecule has 3 N–H and O–H groups in total. The van der Waals surface area contributed by atoms with E-state index in [0.717, 1.165) is 26.9 Å². The number of aryl methyl sites for hydroxylation is 1. The number of ether oxygens (including phenoxy) is 1. The van der Waals surface area contributed by atoms with Crippen LogP contribution in [0.15, 0.2) is 24.3 Å². The maximum Gasteiger partial charge on any atom is 0.237 e. The number of aromatic nitrogens is 1. The molecule has 1 amide bonds. The number of nitrogens with one attached hydrogen (secondary N) is 2. The molecule has 1 saturated heterocycles. The van der Waals surface area contributed by atoms with Crippen molar-refractivity contribution in [1.29, 1.82) is 0 Å². The van der Waals surface area contributed by atoms with Gasteiger partial charge in [-0.25, -0.2) is 4.98 Å².